The smallest absolute Gasteiger partial charge is 0.481 e. The van der Waals surface area contributed by atoms with Crippen molar-refractivity contribution in [2.45, 2.75) is 48.3 Å². The maximum absolute atomic E-state index is 14.3. The van der Waals surface area contributed by atoms with Gasteiger partial charge in [-0.15, -0.1) is 0 Å². The van der Waals surface area contributed by atoms with Crippen molar-refractivity contribution >= 4 is 46.8 Å². The van der Waals surface area contributed by atoms with Crippen LogP contribution in [0.2, 0.25) is 0 Å². The van der Waals surface area contributed by atoms with Crippen LogP contribution in [0.15, 0.2) is 50.6 Å². The second kappa shape index (κ2) is 13.9. The number of hydrogen-bond acceptors (Lipinski definition) is 8. The summed E-state index contributed by atoms with van der Waals surface area (Å²) >= 11 is 0. The Morgan fingerprint density at radius 1 is 0.857 bits per heavy atom. The third-order valence-corrected chi connectivity index (χ3v) is 8.19. The third-order valence-electron chi connectivity index (χ3n) is 5.95. The Bertz CT molecular complexity index is 1340. The van der Waals surface area contributed by atoms with Crippen molar-refractivity contribution in [2.24, 2.45) is 10.3 Å². The fraction of sp³-hybridized carbons (Fsp3) is 0.391. The highest BCUT2D eigenvalue weighted by Gasteiger charge is 2.36. The summed E-state index contributed by atoms with van der Waals surface area (Å²) in [5, 5.41) is 49.3. The van der Waals surface area contributed by atoms with E-state index in [0.29, 0.717) is 43.5 Å². The summed E-state index contributed by atoms with van der Waals surface area (Å²) in [6.45, 7) is 0.446. The van der Waals surface area contributed by atoms with E-state index in [2.05, 4.69) is 9.68 Å². The van der Waals surface area contributed by atoms with E-state index in [4.69, 9.17) is 5.11 Å². The van der Waals surface area contributed by atoms with E-state index < -0.39 is 92.5 Å². The van der Waals surface area contributed by atoms with Gasteiger partial charge in [-0.1, -0.05) is 25.5 Å². The van der Waals surface area contributed by atoms with Gasteiger partial charge in [0.15, 0.2) is 0 Å². The molecule has 0 saturated carbocycles. The first-order valence-corrected chi connectivity index (χ1v) is 13.7. The van der Waals surface area contributed by atoms with E-state index >= 15 is 0 Å². The highest BCUT2D eigenvalue weighted by atomic mass is 32.2. The van der Waals surface area contributed by atoms with Crippen LogP contribution in [0.1, 0.15) is 37.3 Å². The molecule has 0 radical (unpaired) electrons. The fourth-order valence-corrected chi connectivity index (χ4v) is 5.64. The summed E-state index contributed by atoms with van der Waals surface area (Å²) in [6.07, 6.45) is -9.28. The number of nitrogens with zero attached hydrogens (tertiary/aromatic N) is 1. The number of hydrogen-bond donors (Lipinski definition) is 6. The molecule has 2 rings (SSSR count). The molecule has 2 aromatic rings. The van der Waals surface area contributed by atoms with Gasteiger partial charge in [0.1, 0.15) is 16.3 Å². The lowest BCUT2D eigenvalue weighted by molar-refractivity contribution is -0.141. The van der Waals surface area contributed by atoms with Gasteiger partial charge in [-0.25, -0.2) is 8.57 Å². The Morgan fingerprint density at radius 3 is 1.69 bits per heavy atom. The van der Waals surface area contributed by atoms with Gasteiger partial charge in [-0.3, -0.25) is 9.59 Å². The molecule has 0 heterocycles. The zero-order chi connectivity index (χ0) is 32.0. The van der Waals surface area contributed by atoms with Crippen molar-refractivity contribution in [1.29, 1.82) is 0 Å². The number of halogens is 6. The Morgan fingerprint density at radius 2 is 1.31 bits per heavy atom. The van der Waals surface area contributed by atoms with Crippen LogP contribution < -0.4 is 16.2 Å². The Kier molecular flexibility index (Phi) is 11.6. The number of alkyl halides is 6. The number of aliphatic carboxylic acids is 1. The largest absolute Gasteiger partial charge is 0.488 e. The molecule has 0 saturated heterocycles. The molecule has 10 nitrogen and oxygen atoms in total. The van der Waals surface area contributed by atoms with Gasteiger partial charge in [-0.05, 0) is 48.0 Å². The lowest BCUT2D eigenvalue weighted by Crippen LogP contribution is -2.33. The van der Waals surface area contributed by atoms with E-state index in [9.17, 15) is 60.2 Å². The van der Waals surface area contributed by atoms with E-state index in [-0.39, 0.29) is 18.7 Å². The molecule has 0 fully saturated rings. The number of amides is 1. The van der Waals surface area contributed by atoms with Crippen LogP contribution >= 0.6 is 0 Å². The molecule has 0 spiro atoms. The number of carboxylic acid groups (broad SMARTS) is 1. The molecule has 19 heteroatoms. The van der Waals surface area contributed by atoms with E-state index in [1.54, 1.807) is 0 Å². The molecule has 0 aliphatic rings. The predicted octanol–water partition coefficient (Wildman–Crippen LogP) is 0.977. The summed E-state index contributed by atoms with van der Waals surface area (Å²) in [4.78, 5) is 21.4. The topological polar surface area (TPSA) is 177 Å². The van der Waals surface area contributed by atoms with Crippen LogP contribution in [0.25, 0.3) is 0 Å². The van der Waals surface area contributed by atoms with Crippen LogP contribution in [-0.2, 0) is 31.7 Å². The lowest BCUT2D eigenvalue weighted by atomic mass is 9.79. The van der Waals surface area contributed by atoms with Crippen LogP contribution in [0.3, 0.4) is 0 Å². The zero-order valence-corrected chi connectivity index (χ0v) is 22.6. The summed E-state index contributed by atoms with van der Waals surface area (Å²) in [5.74, 6) is -2.58. The van der Waals surface area contributed by atoms with Crippen LogP contribution in [0.5, 0.6) is 0 Å². The Balaban J connectivity index is 2.63. The maximum Gasteiger partial charge on any atom is 0.488 e. The second-order valence-electron chi connectivity index (χ2n) is 9.22. The van der Waals surface area contributed by atoms with Crippen molar-refractivity contribution in [1.82, 2.24) is 5.32 Å². The molecule has 1 atom stereocenters. The Labute approximate surface area is 236 Å². The molecule has 42 heavy (non-hydrogen) atoms. The van der Waals surface area contributed by atoms with Crippen molar-refractivity contribution in [3.63, 3.8) is 0 Å². The van der Waals surface area contributed by atoms with Gasteiger partial charge in [-0.2, -0.15) is 26.3 Å². The monoisotopic (exact) mass is 626 g/mol. The SMILES string of the molecule is C[C@@H](CCCCNC(=O)CN=S(=O)(c1cc(B(O)O)cc(C(F)(F)F)c1)c1cc(B(O)O)cc(C(F)(F)F)c1)C(=O)O. The highest BCUT2D eigenvalue weighted by Crippen LogP contribution is 2.35. The predicted molar refractivity (Wildman–Crippen MR) is 138 cm³/mol. The number of unbranched alkanes of at least 4 members (excludes halogenated alkanes) is 1. The number of benzene rings is 2. The zero-order valence-electron chi connectivity index (χ0n) is 21.8. The molecule has 1 amide bonds. The molecule has 2 aromatic carbocycles. The minimum atomic E-state index is -5.14. The lowest BCUT2D eigenvalue weighted by Gasteiger charge is -2.18. The van der Waals surface area contributed by atoms with Crippen molar-refractivity contribution < 1.29 is 65.3 Å². The number of rotatable bonds is 12. The standard InChI is InChI=1S/C23H26B2F6N2O8S/c1-13(21(35)36)4-2-3-5-32-20(34)12-33-42(41,18-8-14(22(26,27)28)6-16(10-18)24(37)38)19-9-15(23(29,30)31)7-17(11-19)25(39)40/h6-11,13,37-40H,2-5,12H2,1H3,(H,32,34)(H,35,36)/t13-/m0/s1. The normalized spacial score (nSPS) is 12.9. The van der Waals surface area contributed by atoms with E-state index in [1.807, 2.05) is 0 Å². The minimum absolute atomic E-state index is 0.00327. The van der Waals surface area contributed by atoms with Gasteiger partial charge < -0.3 is 30.5 Å². The van der Waals surface area contributed by atoms with Gasteiger partial charge in [0.25, 0.3) is 0 Å². The summed E-state index contributed by atoms with van der Waals surface area (Å²) < 4.78 is 99.5. The molecular formula is C23H26B2F6N2O8S. The average molecular weight is 626 g/mol. The van der Waals surface area contributed by atoms with Gasteiger partial charge in [0, 0.05) is 6.54 Å². The number of carbonyl (C=O) groups excluding carboxylic acids is 1. The first-order chi connectivity index (χ1) is 19.3. The fourth-order valence-electron chi connectivity index (χ4n) is 3.61. The van der Waals surface area contributed by atoms with E-state index in [1.165, 1.54) is 6.92 Å². The van der Waals surface area contributed by atoms with Crippen molar-refractivity contribution in [3.8, 4) is 0 Å². The molecule has 0 aromatic heterocycles. The molecule has 0 bridgehead atoms. The number of carboxylic acids is 1. The van der Waals surface area contributed by atoms with E-state index in [0.717, 1.165) is 0 Å². The average Bonchev–Trinajstić information content (AvgIpc) is 2.89. The van der Waals surface area contributed by atoms with Crippen LogP contribution in [0, 0.1) is 5.92 Å². The molecular weight excluding hydrogens is 600 g/mol. The first-order valence-electron chi connectivity index (χ1n) is 12.1. The molecule has 6 N–H and O–H groups in total. The number of carbonyl (C=O) groups is 2. The van der Waals surface area contributed by atoms with Crippen molar-refractivity contribution in [3.05, 3.63) is 47.5 Å². The van der Waals surface area contributed by atoms with Gasteiger partial charge in [0.05, 0.1) is 26.8 Å². The highest BCUT2D eigenvalue weighted by molar-refractivity contribution is 7.93. The number of nitrogens with one attached hydrogen (secondary N) is 1. The summed E-state index contributed by atoms with van der Waals surface area (Å²) in [7, 11) is -9.68. The first kappa shape index (κ1) is 35.1. The van der Waals surface area contributed by atoms with Gasteiger partial charge >= 0.3 is 32.6 Å². The molecule has 0 aliphatic carbocycles. The molecule has 230 valence electrons. The Hall–Kier alpha value is -3.12. The van der Waals surface area contributed by atoms with Gasteiger partial charge in [0.2, 0.25) is 5.91 Å². The second-order valence-corrected chi connectivity index (χ2v) is 11.5. The summed E-state index contributed by atoms with van der Waals surface area (Å²) in [5.41, 5.74) is -4.78. The van der Waals surface area contributed by atoms with Crippen LogP contribution in [0.4, 0.5) is 26.3 Å². The molecule has 0 unspecified atom stereocenters. The van der Waals surface area contributed by atoms with Crippen LogP contribution in [-0.4, -0.2) is 68.6 Å². The quantitative estimate of drug-likeness (QED) is 0.115. The molecule has 0 aliphatic heterocycles. The van der Waals surface area contributed by atoms with Crippen molar-refractivity contribution in [2.75, 3.05) is 13.1 Å². The third kappa shape index (κ3) is 9.45. The maximum atomic E-state index is 14.3. The summed E-state index contributed by atoms with van der Waals surface area (Å²) in [6, 6.07) is 2.33. The minimum Gasteiger partial charge on any atom is -0.481 e.